The summed E-state index contributed by atoms with van der Waals surface area (Å²) in [6, 6.07) is 7.47. The molecule has 0 saturated heterocycles. The van der Waals surface area contributed by atoms with E-state index < -0.39 is 5.60 Å². The monoisotopic (exact) mass is 299 g/mol. The second-order valence-corrected chi connectivity index (χ2v) is 5.13. The first-order chi connectivity index (χ1) is 8.03. The van der Waals surface area contributed by atoms with Crippen molar-refractivity contribution in [1.29, 1.82) is 0 Å². The van der Waals surface area contributed by atoms with Crippen LogP contribution in [0.3, 0.4) is 0 Å². The minimum Gasteiger partial charge on any atom is -0.490 e. The topological polar surface area (TPSA) is 58.6 Å². The lowest BCUT2D eigenvalue weighted by Crippen LogP contribution is -2.58. The van der Waals surface area contributed by atoms with Gasteiger partial charge in [-0.25, -0.2) is 0 Å². The van der Waals surface area contributed by atoms with Crippen LogP contribution in [0, 0.1) is 0 Å². The van der Waals surface area contributed by atoms with Gasteiger partial charge in [-0.15, -0.1) is 0 Å². The maximum atomic E-state index is 11.3. The first-order valence-corrected chi connectivity index (χ1v) is 6.19. The van der Waals surface area contributed by atoms with Crippen LogP contribution in [-0.4, -0.2) is 29.8 Å². The summed E-state index contributed by atoms with van der Waals surface area (Å²) in [5, 5.41) is 12.3. The predicted octanol–water partition coefficient (Wildman–Crippen LogP) is 1.47. The number of carbonyl (C=O) groups excluding carboxylic acids is 1. The maximum absolute atomic E-state index is 11.3. The van der Waals surface area contributed by atoms with Gasteiger partial charge in [-0.2, -0.15) is 0 Å². The molecule has 0 atom stereocenters. The Hall–Kier alpha value is -1.07. The van der Waals surface area contributed by atoms with Crippen molar-refractivity contribution in [2.24, 2.45) is 0 Å². The zero-order chi connectivity index (χ0) is 12.5. The van der Waals surface area contributed by atoms with E-state index in [1.165, 1.54) is 7.05 Å². The van der Waals surface area contributed by atoms with E-state index in [1.807, 2.05) is 24.3 Å². The Morgan fingerprint density at radius 3 is 2.59 bits per heavy atom. The van der Waals surface area contributed by atoms with Crippen molar-refractivity contribution in [3.8, 4) is 5.75 Å². The molecule has 0 radical (unpaired) electrons. The Morgan fingerprint density at radius 2 is 2.06 bits per heavy atom. The minimum atomic E-state index is -1.26. The van der Waals surface area contributed by atoms with Crippen molar-refractivity contribution in [2.45, 2.75) is 24.5 Å². The zero-order valence-corrected chi connectivity index (χ0v) is 11.0. The fraction of sp³-hybridized carbons (Fsp3) is 0.417. The molecular formula is C12H14BrNO3. The van der Waals surface area contributed by atoms with Gasteiger partial charge in [0.05, 0.1) is 0 Å². The molecule has 0 bridgehead atoms. The molecule has 92 valence electrons. The zero-order valence-electron chi connectivity index (χ0n) is 9.44. The Balaban J connectivity index is 1.89. The second-order valence-electron chi connectivity index (χ2n) is 4.21. The first-order valence-electron chi connectivity index (χ1n) is 5.40. The first kappa shape index (κ1) is 12.4. The molecule has 4 nitrogen and oxygen atoms in total. The van der Waals surface area contributed by atoms with E-state index in [4.69, 9.17) is 4.74 Å². The van der Waals surface area contributed by atoms with Gasteiger partial charge in [-0.3, -0.25) is 4.79 Å². The Bertz CT molecular complexity index is 412. The van der Waals surface area contributed by atoms with Gasteiger partial charge in [0.25, 0.3) is 5.91 Å². The average molecular weight is 300 g/mol. The summed E-state index contributed by atoms with van der Waals surface area (Å²) in [6.45, 7) is 0. The van der Waals surface area contributed by atoms with Gasteiger partial charge < -0.3 is 15.2 Å². The van der Waals surface area contributed by atoms with Crippen LogP contribution >= 0.6 is 15.9 Å². The van der Waals surface area contributed by atoms with E-state index in [0.29, 0.717) is 12.8 Å². The summed E-state index contributed by atoms with van der Waals surface area (Å²) in [7, 11) is 1.52. The van der Waals surface area contributed by atoms with E-state index in [1.54, 1.807) is 0 Å². The molecule has 0 aliphatic heterocycles. The SMILES string of the molecule is CNC(=O)C1(O)CC(Oc2ccc(Br)cc2)C1. The number of hydrogen-bond donors (Lipinski definition) is 2. The lowest BCUT2D eigenvalue weighted by molar-refractivity contribution is -0.160. The molecule has 0 spiro atoms. The number of carbonyl (C=O) groups is 1. The van der Waals surface area contributed by atoms with Crippen LogP contribution in [-0.2, 0) is 4.79 Å². The summed E-state index contributed by atoms with van der Waals surface area (Å²) in [5.74, 6) is 0.408. The largest absolute Gasteiger partial charge is 0.490 e. The van der Waals surface area contributed by atoms with Gasteiger partial charge in [0, 0.05) is 24.4 Å². The van der Waals surface area contributed by atoms with Gasteiger partial charge >= 0.3 is 0 Å². The third kappa shape index (κ3) is 2.61. The van der Waals surface area contributed by atoms with Crippen LogP contribution in [0.1, 0.15) is 12.8 Å². The average Bonchev–Trinajstić information content (AvgIpc) is 2.28. The molecule has 5 heteroatoms. The van der Waals surface area contributed by atoms with Crippen molar-refractivity contribution in [1.82, 2.24) is 5.32 Å². The summed E-state index contributed by atoms with van der Waals surface area (Å²) >= 11 is 3.34. The standard InChI is InChI=1S/C12H14BrNO3/c1-14-11(15)12(16)6-10(7-12)17-9-4-2-8(13)3-5-9/h2-5,10,16H,6-7H2,1H3,(H,14,15). The molecule has 2 rings (SSSR count). The van der Waals surface area contributed by atoms with Crippen molar-refractivity contribution < 1.29 is 14.6 Å². The highest BCUT2D eigenvalue weighted by Gasteiger charge is 2.49. The highest BCUT2D eigenvalue weighted by Crippen LogP contribution is 2.35. The molecule has 0 aromatic heterocycles. The number of halogens is 1. The molecule has 2 N–H and O–H groups in total. The molecule has 1 aromatic carbocycles. The predicted molar refractivity (Wildman–Crippen MR) is 66.8 cm³/mol. The number of amides is 1. The molecular weight excluding hydrogens is 286 g/mol. The van der Waals surface area contributed by atoms with E-state index in [9.17, 15) is 9.90 Å². The Morgan fingerprint density at radius 1 is 1.47 bits per heavy atom. The fourth-order valence-corrected chi connectivity index (χ4v) is 2.16. The number of hydrogen-bond acceptors (Lipinski definition) is 3. The highest BCUT2D eigenvalue weighted by molar-refractivity contribution is 9.10. The summed E-state index contributed by atoms with van der Waals surface area (Å²) in [6.07, 6.45) is 0.573. The number of rotatable bonds is 3. The van der Waals surface area contributed by atoms with Gasteiger partial charge in [-0.05, 0) is 24.3 Å². The van der Waals surface area contributed by atoms with Crippen LogP contribution in [0.15, 0.2) is 28.7 Å². The third-order valence-electron chi connectivity index (χ3n) is 2.90. The molecule has 17 heavy (non-hydrogen) atoms. The Kier molecular flexibility index (Phi) is 3.40. The number of benzene rings is 1. The van der Waals surface area contributed by atoms with Gasteiger partial charge in [0.1, 0.15) is 17.5 Å². The quantitative estimate of drug-likeness (QED) is 0.888. The lowest BCUT2D eigenvalue weighted by atomic mass is 9.76. The summed E-state index contributed by atoms with van der Waals surface area (Å²) < 4.78 is 6.62. The summed E-state index contributed by atoms with van der Waals surface area (Å²) in [4.78, 5) is 11.3. The number of likely N-dealkylation sites (N-methyl/N-ethyl adjacent to an activating group) is 1. The molecule has 1 aliphatic rings. The van der Waals surface area contributed by atoms with E-state index in [0.717, 1.165) is 10.2 Å². The van der Waals surface area contributed by atoms with Crippen molar-refractivity contribution in [3.63, 3.8) is 0 Å². The lowest BCUT2D eigenvalue weighted by Gasteiger charge is -2.41. The van der Waals surface area contributed by atoms with Crippen LogP contribution in [0.25, 0.3) is 0 Å². The molecule has 1 amide bonds. The van der Waals surface area contributed by atoms with Gasteiger partial charge in [0.15, 0.2) is 0 Å². The van der Waals surface area contributed by atoms with Crippen molar-refractivity contribution in [2.75, 3.05) is 7.05 Å². The van der Waals surface area contributed by atoms with Gasteiger partial charge in [0.2, 0.25) is 0 Å². The fourth-order valence-electron chi connectivity index (χ4n) is 1.90. The van der Waals surface area contributed by atoms with E-state index in [-0.39, 0.29) is 12.0 Å². The Labute approximate surface area is 108 Å². The van der Waals surface area contributed by atoms with Gasteiger partial charge in [-0.1, -0.05) is 15.9 Å². The molecule has 1 aliphatic carbocycles. The van der Waals surface area contributed by atoms with E-state index >= 15 is 0 Å². The normalized spacial score (nSPS) is 27.1. The number of ether oxygens (including phenoxy) is 1. The smallest absolute Gasteiger partial charge is 0.252 e. The molecule has 0 unspecified atom stereocenters. The molecule has 1 aromatic rings. The van der Waals surface area contributed by atoms with Crippen molar-refractivity contribution >= 4 is 21.8 Å². The number of nitrogens with one attached hydrogen (secondary N) is 1. The second kappa shape index (κ2) is 4.66. The van der Waals surface area contributed by atoms with Crippen molar-refractivity contribution in [3.05, 3.63) is 28.7 Å². The van der Waals surface area contributed by atoms with Crippen LogP contribution < -0.4 is 10.1 Å². The highest BCUT2D eigenvalue weighted by atomic mass is 79.9. The molecule has 0 heterocycles. The van der Waals surface area contributed by atoms with E-state index in [2.05, 4.69) is 21.2 Å². The van der Waals surface area contributed by atoms with Crippen LogP contribution in [0.4, 0.5) is 0 Å². The molecule has 1 fully saturated rings. The summed E-state index contributed by atoms with van der Waals surface area (Å²) in [5.41, 5.74) is -1.26. The minimum absolute atomic E-state index is 0.0986. The number of aliphatic hydroxyl groups is 1. The third-order valence-corrected chi connectivity index (χ3v) is 3.43. The van der Waals surface area contributed by atoms with Crippen LogP contribution in [0.5, 0.6) is 5.75 Å². The molecule has 1 saturated carbocycles. The van der Waals surface area contributed by atoms with Crippen LogP contribution in [0.2, 0.25) is 0 Å². The maximum Gasteiger partial charge on any atom is 0.252 e.